The Hall–Kier alpha value is -2.20. The number of likely N-dealkylation sites (N-methyl/N-ethyl adjacent to an activating group) is 1. The first-order valence-corrected chi connectivity index (χ1v) is 7.79. The summed E-state index contributed by atoms with van der Waals surface area (Å²) in [4.78, 5) is 2.34. The molecule has 0 bridgehead atoms. The SMILES string of the molecule is CCN(CC)CCOc1ccc(Nc2ccc(N)cc2)cc1. The summed E-state index contributed by atoms with van der Waals surface area (Å²) in [7, 11) is 0. The average Bonchev–Trinajstić information content (AvgIpc) is 2.55. The summed E-state index contributed by atoms with van der Waals surface area (Å²) in [5.74, 6) is 0.898. The monoisotopic (exact) mass is 299 g/mol. The van der Waals surface area contributed by atoms with Crippen molar-refractivity contribution in [2.45, 2.75) is 13.8 Å². The minimum Gasteiger partial charge on any atom is -0.492 e. The first-order chi connectivity index (χ1) is 10.7. The minimum atomic E-state index is 0.715. The summed E-state index contributed by atoms with van der Waals surface area (Å²) in [6.07, 6.45) is 0. The normalized spacial score (nSPS) is 10.7. The molecule has 0 aliphatic heterocycles. The molecule has 2 rings (SSSR count). The molecule has 3 N–H and O–H groups in total. The lowest BCUT2D eigenvalue weighted by Crippen LogP contribution is -2.27. The van der Waals surface area contributed by atoms with E-state index in [0.717, 1.165) is 42.4 Å². The third kappa shape index (κ3) is 4.97. The Morgan fingerprint density at radius 1 is 0.909 bits per heavy atom. The molecule has 0 aromatic heterocycles. The highest BCUT2D eigenvalue weighted by Gasteiger charge is 2.00. The summed E-state index contributed by atoms with van der Waals surface area (Å²) in [6.45, 7) is 8.13. The molecule has 2 aromatic rings. The number of benzene rings is 2. The third-order valence-corrected chi connectivity index (χ3v) is 3.62. The van der Waals surface area contributed by atoms with Gasteiger partial charge in [0.25, 0.3) is 0 Å². The maximum atomic E-state index is 5.78. The van der Waals surface area contributed by atoms with Crippen LogP contribution in [0, 0.1) is 0 Å². The van der Waals surface area contributed by atoms with Crippen molar-refractivity contribution in [1.82, 2.24) is 4.90 Å². The van der Waals surface area contributed by atoms with E-state index in [-0.39, 0.29) is 0 Å². The Kier molecular flexibility index (Phi) is 6.10. The van der Waals surface area contributed by atoms with Crippen LogP contribution >= 0.6 is 0 Å². The van der Waals surface area contributed by atoms with Gasteiger partial charge in [-0.1, -0.05) is 13.8 Å². The van der Waals surface area contributed by atoms with Crippen molar-refractivity contribution < 1.29 is 4.74 Å². The largest absolute Gasteiger partial charge is 0.492 e. The van der Waals surface area contributed by atoms with E-state index in [1.54, 1.807) is 0 Å². The van der Waals surface area contributed by atoms with Crippen LogP contribution in [-0.4, -0.2) is 31.1 Å². The summed E-state index contributed by atoms with van der Waals surface area (Å²) in [6, 6.07) is 15.7. The van der Waals surface area contributed by atoms with Gasteiger partial charge in [0.2, 0.25) is 0 Å². The molecule has 0 radical (unpaired) electrons. The van der Waals surface area contributed by atoms with Crippen molar-refractivity contribution in [3.8, 4) is 5.75 Å². The second kappa shape index (κ2) is 8.29. The van der Waals surface area contributed by atoms with Crippen molar-refractivity contribution in [2.24, 2.45) is 0 Å². The van der Waals surface area contributed by atoms with E-state index >= 15 is 0 Å². The number of hydrogen-bond donors (Lipinski definition) is 2. The van der Waals surface area contributed by atoms with Crippen LogP contribution in [0.25, 0.3) is 0 Å². The number of nitrogens with zero attached hydrogens (tertiary/aromatic N) is 1. The van der Waals surface area contributed by atoms with Gasteiger partial charge in [0, 0.05) is 23.6 Å². The quantitative estimate of drug-likeness (QED) is 0.729. The molecule has 0 aliphatic rings. The number of nitrogens with two attached hydrogens (primary N) is 1. The molecule has 4 heteroatoms. The molecule has 0 saturated heterocycles. The maximum Gasteiger partial charge on any atom is 0.119 e. The zero-order valence-corrected chi connectivity index (χ0v) is 13.4. The molecule has 2 aromatic carbocycles. The van der Waals surface area contributed by atoms with E-state index in [1.165, 1.54) is 0 Å². The molecule has 0 unspecified atom stereocenters. The second-order valence-corrected chi connectivity index (χ2v) is 5.15. The lowest BCUT2D eigenvalue weighted by molar-refractivity contribution is 0.223. The molecule has 118 valence electrons. The van der Waals surface area contributed by atoms with E-state index in [2.05, 4.69) is 24.1 Å². The fourth-order valence-corrected chi connectivity index (χ4v) is 2.20. The summed E-state index contributed by atoms with van der Waals surface area (Å²) < 4.78 is 5.78. The van der Waals surface area contributed by atoms with Crippen molar-refractivity contribution in [1.29, 1.82) is 0 Å². The van der Waals surface area contributed by atoms with Crippen molar-refractivity contribution in [3.63, 3.8) is 0 Å². The maximum absolute atomic E-state index is 5.78. The Labute approximate surface area is 132 Å². The van der Waals surface area contributed by atoms with Gasteiger partial charge >= 0.3 is 0 Å². The molecule has 0 heterocycles. The molecular weight excluding hydrogens is 274 g/mol. The van der Waals surface area contributed by atoms with Crippen molar-refractivity contribution in [2.75, 3.05) is 37.3 Å². The van der Waals surface area contributed by atoms with Gasteiger partial charge in [-0.25, -0.2) is 0 Å². The van der Waals surface area contributed by atoms with Gasteiger partial charge in [0.15, 0.2) is 0 Å². The second-order valence-electron chi connectivity index (χ2n) is 5.15. The van der Waals surface area contributed by atoms with Crippen LogP contribution in [-0.2, 0) is 0 Å². The minimum absolute atomic E-state index is 0.715. The number of ether oxygens (including phenoxy) is 1. The van der Waals surface area contributed by atoms with Gasteiger partial charge < -0.3 is 20.7 Å². The van der Waals surface area contributed by atoms with Crippen LogP contribution in [0.2, 0.25) is 0 Å². The molecular formula is C18H25N3O. The molecule has 4 nitrogen and oxygen atoms in total. The Balaban J connectivity index is 1.83. The standard InChI is InChI=1S/C18H25N3O/c1-3-21(4-2)13-14-22-18-11-9-17(10-12-18)20-16-7-5-15(19)6-8-16/h5-12,20H,3-4,13-14,19H2,1-2H3. The third-order valence-electron chi connectivity index (χ3n) is 3.62. The smallest absolute Gasteiger partial charge is 0.119 e. The summed E-state index contributed by atoms with van der Waals surface area (Å²) in [5, 5.41) is 3.33. The van der Waals surface area contributed by atoms with Crippen LogP contribution in [0.3, 0.4) is 0 Å². The van der Waals surface area contributed by atoms with Gasteiger partial charge in [0.1, 0.15) is 12.4 Å². The molecule has 0 atom stereocenters. The van der Waals surface area contributed by atoms with Gasteiger partial charge in [-0.05, 0) is 61.6 Å². The van der Waals surface area contributed by atoms with Crippen molar-refractivity contribution in [3.05, 3.63) is 48.5 Å². The predicted octanol–water partition coefficient (Wildman–Crippen LogP) is 3.73. The van der Waals surface area contributed by atoms with E-state index in [9.17, 15) is 0 Å². The van der Waals surface area contributed by atoms with Gasteiger partial charge in [0.05, 0.1) is 0 Å². The van der Waals surface area contributed by atoms with E-state index in [0.29, 0.717) is 6.61 Å². The molecule has 0 fully saturated rings. The molecule has 0 amide bonds. The Morgan fingerprint density at radius 2 is 1.45 bits per heavy atom. The number of nitrogen functional groups attached to an aromatic ring is 1. The number of nitrogens with one attached hydrogen (secondary N) is 1. The highest BCUT2D eigenvalue weighted by atomic mass is 16.5. The average molecular weight is 299 g/mol. The summed E-state index contributed by atoms with van der Waals surface area (Å²) >= 11 is 0. The first kappa shape index (κ1) is 16.2. The van der Waals surface area contributed by atoms with Crippen LogP contribution < -0.4 is 15.8 Å². The molecule has 0 spiro atoms. The highest BCUT2D eigenvalue weighted by Crippen LogP contribution is 2.20. The molecule has 0 saturated carbocycles. The number of hydrogen-bond acceptors (Lipinski definition) is 4. The predicted molar refractivity (Wildman–Crippen MR) is 93.9 cm³/mol. The van der Waals surface area contributed by atoms with E-state index in [1.807, 2.05) is 48.5 Å². The van der Waals surface area contributed by atoms with Crippen molar-refractivity contribution >= 4 is 17.1 Å². The van der Waals surface area contributed by atoms with Crippen LogP contribution in [0.1, 0.15) is 13.8 Å². The van der Waals surface area contributed by atoms with Crippen LogP contribution in [0.5, 0.6) is 5.75 Å². The van der Waals surface area contributed by atoms with Gasteiger partial charge in [-0.2, -0.15) is 0 Å². The Morgan fingerprint density at radius 3 is 2.00 bits per heavy atom. The first-order valence-electron chi connectivity index (χ1n) is 7.79. The fraction of sp³-hybridized carbons (Fsp3) is 0.333. The zero-order valence-electron chi connectivity index (χ0n) is 13.4. The lowest BCUT2D eigenvalue weighted by Gasteiger charge is -2.18. The zero-order chi connectivity index (χ0) is 15.8. The van der Waals surface area contributed by atoms with Crippen LogP contribution in [0.4, 0.5) is 17.1 Å². The van der Waals surface area contributed by atoms with Gasteiger partial charge in [-0.15, -0.1) is 0 Å². The molecule has 22 heavy (non-hydrogen) atoms. The van der Waals surface area contributed by atoms with E-state index < -0.39 is 0 Å². The lowest BCUT2D eigenvalue weighted by atomic mass is 10.2. The van der Waals surface area contributed by atoms with Crippen LogP contribution in [0.15, 0.2) is 48.5 Å². The topological polar surface area (TPSA) is 50.5 Å². The number of rotatable bonds is 8. The van der Waals surface area contributed by atoms with E-state index in [4.69, 9.17) is 10.5 Å². The molecule has 0 aliphatic carbocycles. The Bertz CT molecular complexity index is 548. The van der Waals surface area contributed by atoms with Gasteiger partial charge in [-0.3, -0.25) is 0 Å². The number of anilines is 3. The highest BCUT2D eigenvalue weighted by molar-refractivity contribution is 5.62. The fourth-order valence-electron chi connectivity index (χ4n) is 2.20. The summed E-state index contributed by atoms with van der Waals surface area (Å²) in [5.41, 5.74) is 8.49.